The van der Waals surface area contributed by atoms with Crippen LogP contribution in [-0.2, 0) is 12.8 Å². The highest BCUT2D eigenvalue weighted by Crippen LogP contribution is 2.17. The minimum atomic E-state index is -0.252. The van der Waals surface area contributed by atoms with E-state index in [1.807, 2.05) is 48.5 Å². The van der Waals surface area contributed by atoms with Crippen molar-refractivity contribution in [2.24, 2.45) is 0 Å². The first-order chi connectivity index (χ1) is 12.2. The van der Waals surface area contributed by atoms with Gasteiger partial charge < -0.3 is 20.1 Å². The lowest BCUT2D eigenvalue weighted by molar-refractivity contribution is 0.224. The van der Waals surface area contributed by atoms with Gasteiger partial charge in [0.05, 0.1) is 7.11 Å². The van der Waals surface area contributed by atoms with Crippen LogP contribution in [0, 0.1) is 0 Å². The number of benzene rings is 2. The molecule has 0 aliphatic rings. The minimum Gasteiger partial charge on any atom is -0.496 e. The van der Waals surface area contributed by atoms with E-state index in [1.54, 1.807) is 7.11 Å². The Bertz CT molecular complexity index is 656. The molecule has 0 spiro atoms. The number of hydrogen-bond donors (Lipinski definition) is 2. The highest BCUT2D eigenvalue weighted by Gasteiger charge is 2.03. The zero-order chi connectivity index (χ0) is 17.9. The molecule has 0 saturated carbocycles. The van der Waals surface area contributed by atoms with E-state index < -0.39 is 0 Å². The van der Waals surface area contributed by atoms with Gasteiger partial charge in [0.1, 0.15) is 11.5 Å². The number of rotatable bonds is 9. The molecule has 5 nitrogen and oxygen atoms in total. The van der Waals surface area contributed by atoms with E-state index in [-0.39, 0.29) is 12.8 Å². The topological polar surface area (TPSA) is 59.6 Å². The van der Waals surface area contributed by atoms with Crippen molar-refractivity contribution < 1.29 is 14.3 Å². The fourth-order valence-corrected chi connectivity index (χ4v) is 2.51. The molecule has 0 unspecified atom stereocenters. The van der Waals surface area contributed by atoms with E-state index in [0.717, 1.165) is 29.9 Å². The third-order valence-corrected chi connectivity index (χ3v) is 3.81. The number of hydrogen-bond acceptors (Lipinski definition) is 3. The van der Waals surface area contributed by atoms with Gasteiger partial charge in [0.15, 0.2) is 6.73 Å². The predicted octanol–water partition coefficient (Wildman–Crippen LogP) is 3.53. The SMILES string of the molecule is CCCc1ccc(OCNC(=O)NCCc2ccccc2OC)cc1. The molecular weight excluding hydrogens is 316 g/mol. The molecule has 2 aromatic rings. The van der Waals surface area contributed by atoms with E-state index in [4.69, 9.17) is 9.47 Å². The number of carbonyl (C=O) groups excluding carboxylic acids is 1. The second kappa shape index (κ2) is 10.2. The maximum absolute atomic E-state index is 11.8. The Morgan fingerprint density at radius 2 is 1.76 bits per heavy atom. The second-order valence-corrected chi connectivity index (χ2v) is 5.68. The second-order valence-electron chi connectivity index (χ2n) is 5.68. The lowest BCUT2D eigenvalue weighted by Crippen LogP contribution is -2.38. The monoisotopic (exact) mass is 342 g/mol. The molecule has 2 amide bonds. The van der Waals surface area contributed by atoms with Crippen molar-refractivity contribution in [3.63, 3.8) is 0 Å². The molecule has 0 saturated heterocycles. The van der Waals surface area contributed by atoms with Crippen molar-refractivity contribution in [1.82, 2.24) is 10.6 Å². The molecule has 25 heavy (non-hydrogen) atoms. The van der Waals surface area contributed by atoms with Gasteiger partial charge in [-0.3, -0.25) is 0 Å². The minimum absolute atomic E-state index is 0.133. The highest BCUT2D eigenvalue weighted by molar-refractivity contribution is 5.73. The van der Waals surface area contributed by atoms with Crippen LogP contribution < -0.4 is 20.1 Å². The first kappa shape index (κ1) is 18.6. The number of nitrogens with one attached hydrogen (secondary N) is 2. The van der Waals surface area contributed by atoms with Crippen LogP contribution in [-0.4, -0.2) is 26.4 Å². The molecular formula is C20H26N2O3. The molecule has 2 rings (SSSR count). The molecule has 134 valence electrons. The largest absolute Gasteiger partial charge is 0.496 e. The molecule has 2 N–H and O–H groups in total. The number of ether oxygens (including phenoxy) is 2. The summed E-state index contributed by atoms with van der Waals surface area (Å²) in [6, 6.07) is 15.5. The van der Waals surface area contributed by atoms with E-state index in [0.29, 0.717) is 13.0 Å². The Morgan fingerprint density at radius 1 is 1.00 bits per heavy atom. The van der Waals surface area contributed by atoms with Gasteiger partial charge in [0.25, 0.3) is 0 Å². The number of carbonyl (C=O) groups is 1. The summed E-state index contributed by atoms with van der Waals surface area (Å²) in [7, 11) is 1.64. The number of methoxy groups -OCH3 is 1. The smallest absolute Gasteiger partial charge is 0.317 e. The van der Waals surface area contributed by atoms with Crippen molar-refractivity contribution in [3.05, 3.63) is 59.7 Å². The summed E-state index contributed by atoms with van der Waals surface area (Å²) >= 11 is 0. The number of para-hydroxylation sites is 1. The standard InChI is InChI=1S/C20H26N2O3/c1-3-6-16-9-11-18(12-10-16)25-15-22-20(23)21-14-13-17-7-4-5-8-19(17)24-2/h4-5,7-12H,3,6,13-15H2,1-2H3,(H2,21,22,23). The third kappa shape index (κ3) is 6.37. The van der Waals surface area contributed by atoms with Gasteiger partial charge in [-0.05, 0) is 42.2 Å². The molecule has 0 atom stereocenters. The van der Waals surface area contributed by atoms with Crippen LogP contribution in [0.1, 0.15) is 24.5 Å². The summed E-state index contributed by atoms with van der Waals surface area (Å²) in [5, 5.41) is 5.49. The van der Waals surface area contributed by atoms with Crippen molar-refractivity contribution in [3.8, 4) is 11.5 Å². The Hall–Kier alpha value is -2.69. The van der Waals surface area contributed by atoms with Crippen LogP contribution in [0.15, 0.2) is 48.5 Å². The molecule has 0 fully saturated rings. The van der Waals surface area contributed by atoms with Gasteiger partial charge in [-0.15, -0.1) is 0 Å². The molecule has 0 aliphatic heterocycles. The predicted molar refractivity (Wildman–Crippen MR) is 99.2 cm³/mol. The van der Waals surface area contributed by atoms with Gasteiger partial charge in [0, 0.05) is 6.54 Å². The lowest BCUT2D eigenvalue weighted by Gasteiger charge is -2.11. The van der Waals surface area contributed by atoms with Gasteiger partial charge in [0.2, 0.25) is 0 Å². The van der Waals surface area contributed by atoms with Gasteiger partial charge in [-0.1, -0.05) is 43.7 Å². The van der Waals surface area contributed by atoms with Crippen LogP contribution in [0.5, 0.6) is 11.5 Å². The summed E-state index contributed by atoms with van der Waals surface area (Å²) in [6.45, 7) is 2.81. The summed E-state index contributed by atoms with van der Waals surface area (Å²) in [5.41, 5.74) is 2.35. The van der Waals surface area contributed by atoms with Crippen LogP contribution in [0.25, 0.3) is 0 Å². The Labute approximate surface area is 149 Å². The zero-order valence-electron chi connectivity index (χ0n) is 14.9. The van der Waals surface area contributed by atoms with Crippen molar-refractivity contribution in [2.45, 2.75) is 26.2 Å². The average Bonchev–Trinajstić information content (AvgIpc) is 2.64. The maximum atomic E-state index is 11.8. The fraction of sp³-hybridized carbons (Fsp3) is 0.350. The van der Waals surface area contributed by atoms with Gasteiger partial charge >= 0.3 is 6.03 Å². The Morgan fingerprint density at radius 3 is 2.48 bits per heavy atom. The van der Waals surface area contributed by atoms with E-state index in [2.05, 4.69) is 17.6 Å². The number of amides is 2. The van der Waals surface area contributed by atoms with Crippen molar-refractivity contribution >= 4 is 6.03 Å². The van der Waals surface area contributed by atoms with E-state index in [1.165, 1.54) is 5.56 Å². The molecule has 0 radical (unpaired) electrons. The molecule has 5 heteroatoms. The highest BCUT2D eigenvalue weighted by atomic mass is 16.5. The van der Waals surface area contributed by atoms with Crippen LogP contribution >= 0.6 is 0 Å². The van der Waals surface area contributed by atoms with Gasteiger partial charge in [-0.2, -0.15) is 0 Å². The van der Waals surface area contributed by atoms with Crippen LogP contribution in [0.3, 0.4) is 0 Å². The molecule has 0 heterocycles. The summed E-state index contributed by atoms with van der Waals surface area (Å²) in [6.07, 6.45) is 2.89. The van der Waals surface area contributed by atoms with Gasteiger partial charge in [-0.25, -0.2) is 4.79 Å². The number of urea groups is 1. The molecule has 0 aromatic heterocycles. The van der Waals surface area contributed by atoms with Crippen molar-refractivity contribution in [2.75, 3.05) is 20.4 Å². The van der Waals surface area contributed by atoms with Crippen molar-refractivity contribution in [1.29, 1.82) is 0 Å². The number of aryl methyl sites for hydroxylation is 1. The maximum Gasteiger partial charge on any atom is 0.317 e. The average molecular weight is 342 g/mol. The molecule has 0 bridgehead atoms. The first-order valence-corrected chi connectivity index (χ1v) is 8.58. The lowest BCUT2D eigenvalue weighted by atomic mass is 10.1. The Balaban J connectivity index is 1.65. The van der Waals surface area contributed by atoms with E-state index >= 15 is 0 Å². The first-order valence-electron chi connectivity index (χ1n) is 8.58. The molecule has 2 aromatic carbocycles. The quantitative estimate of drug-likeness (QED) is 0.686. The zero-order valence-corrected chi connectivity index (χ0v) is 14.9. The summed E-state index contributed by atoms with van der Waals surface area (Å²) in [4.78, 5) is 11.8. The Kier molecular flexibility index (Phi) is 7.63. The third-order valence-electron chi connectivity index (χ3n) is 3.81. The van der Waals surface area contributed by atoms with E-state index in [9.17, 15) is 4.79 Å². The summed E-state index contributed by atoms with van der Waals surface area (Å²) < 4.78 is 10.8. The fourth-order valence-electron chi connectivity index (χ4n) is 2.51. The van der Waals surface area contributed by atoms with Crippen LogP contribution in [0.2, 0.25) is 0 Å². The van der Waals surface area contributed by atoms with Crippen LogP contribution in [0.4, 0.5) is 4.79 Å². The summed E-state index contributed by atoms with van der Waals surface area (Å²) in [5.74, 6) is 1.58. The molecule has 0 aliphatic carbocycles. The normalized spacial score (nSPS) is 10.2.